The maximum absolute atomic E-state index is 13.1. The van der Waals surface area contributed by atoms with Gasteiger partial charge >= 0.3 is 0 Å². The highest BCUT2D eigenvalue weighted by Gasteiger charge is 2.06. The van der Waals surface area contributed by atoms with Crippen molar-refractivity contribution in [3.8, 4) is 0 Å². The number of H-pyrrole nitrogens is 2. The van der Waals surface area contributed by atoms with Crippen molar-refractivity contribution in [1.82, 2.24) is 19.9 Å². The molecule has 4 rings (SSSR count). The number of rotatable bonds is 14. The summed E-state index contributed by atoms with van der Waals surface area (Å²) in [5.74, 6) is -0.425. The van der Waals surface area contributed by atoms with Gasteiger partial charge in [-0.2, -0.15) is 0 Å². The molecule has 0 atom stereocenters. The molecule has 0 fully saturated rings. The Kier molecular flexibility index (Phi) is 9.95. The van der Waals surface area contributed by atoms with Crippen molar-refractivity contribution in [3.63, 3.8) is 0 Å². The van der Waals surface area contributed by atoms with Gasteiger partial charge in [-0.05, 0) is 85.1 Å². The van der Waals surface area contributed by atoms with Gasteiger partial charge in [-0.15, -0.1) is 0 Å². The molecule has 5 nitrogen and oxygen atoms in total. The molecule has 0 radical (unpaired) electrons. The predicted octanol–water partition coefficient (Wildman–Crippen LogP) is 6.94. The van der Waals surface area contributed by atoms with Crippen LogP contribution < -0.4 is 0 Å². The van der Waals surface area contributed by atoms with Crippen molar-refractivity contribution in [2.45, 2.75) is 38.5 Å². The molecular formula is C30H32F2N4O. The molecule has 2 aromatic carbocycles. The Balaban J connectivity index is 1.28. The highest BCUT2D eigenvalue weighted by molar-refractivity contribution is 5.62. The minimum atomic E-state index is -0.213. The number of allylic oxidation sites excluding steroid dienone is 2. The van der Waals surface area contributed by atoms with Crippen LogP contribution in [0.2, 0.25) is 0 Å². The summed E-state index contributed by atoms with van der Waals surface area (Å²) in [4.78, 5) is 14.8. The maximum Gasteiger partial charge on any atom is 0.123 e. The highest BCUT2D eigenvalue weighted by Crippen LogP contribution is 2.21. The molecule has 0 aliphatic carbocycles. The van der Waals surface area contributed by atoms with Gasteiger partial charge < -0.3 is 14.7 Å². The second-order valence-corrected chi connectivity index (χ2v) is 8.87. The van der Waals surface area contributed by atoms with Crippen LogP contribution in [0.4, 0.5) is 8.78 Å². The van der Waals surface area contributed by atoms with Crippen LogP contribution in [-0.4, -0.2) is 33.1 Å². The van der Waals surface area contributed by atoms with Crippen LogP contribution in [0, 0.1) is 11.6 Å². The zero-order valence-corrected chi connectivity index (χ0v) is 20.8. The molecule has 0 aliphatic rings. The maximum atomic E-state index is 13.1. The van der Waals surface area contributed by atoms with Crippen LogP contribution in [0.15, 0.2) is 85.7 Å². The monoisotopic (exact) mass is 502 g/mol. The molecule has 0 aliphatic heterocycles. The smallest absolute Gasteiger partial charge is 0.123 e. The third-order valence-corrected chi connectivity index (χ3v) is 6.20. The lowest BCUT2D eigenvalue weighted by Crippen LogP contribution is -1.97. The van der Waals surface area contributed by atoms with Gasteiger partial charge in [0.2, 0.25) is 0 Å². The molecule has 4 aromatic rings. The zero-order valence-electron chi connectivity index (χ0n) is 20.8. The van der Waals surface area contributed by atoms with E-state index >= 15 is 0 Å². The van der Waals surface area contributed by atoms with Gasteiger partial charge in [0.05, 0.1) is 37.3 Å². The van der Waals surface area contributed by atoms with Crippen LogP contribution in [0.5, 0.6) is 0 Å². The Labute approximate surface area is 216 Å². The van der Waals surface area contributed by atoms with E-state index in [1.807, 2.05) is 36.7 Å². The summed E-state index contributed by atoms with van der Waals surface area (Å²) in [5.41, 5.74) is 6.31. The van der Waals surface area contributed by atoms with E-state index in [1.165, 1.54) is 24.3 Å². The van der Waals surface area contributed by atoms with Crippen molar-refractivity contribution >= 4 is 11.1 Å². The molecule has 37 heavy (non-hydrogen) atoms. The van der Waals surface area contributed by atoms with Crippen molar-refractivity contribution in [2.75, 3.05) is 13.2 Å². The second-order valence-electron chi connectivity index (χ2n) is 8.87. The first-order chi connectivity index (χ1) is 18.2. The minimum absolute atomic E-state index is 0.213. The molecule has 2 aromatic heterocycles. The molecule has 7 heteroatoms. The Morgan fingerprint density at radius 1 is 0.676 bits per heavy atom. The molecule has 192 valence electrons. The predicted molar refractivity (Wildman–Crippen MR) is 143 cm³/mol. The first-order valence-corrected chi connectivity index (χ1v) is 12.6. The number of halogens is 2. The van der Waals surface area contributed by atoms with E-state index in [9.17, 15) is 8.78 Å². The van der Waals surface area contributed by atoms with Gasteiger partial charge in [0.1, 0.15) is 11.6 Å². The lowest BCUT2D eigenvalue weighted by Gasteiger charge is -2.08. The van der Waals surface area contributed by atoms with Crippen LogP contribution >= 0.6 is 0 Å². The third kappa shape index (κ3) is 8.65. The number of benzene rings is 2. The van der Waals surface area contributed by atoms with E-state index in [0.29, 0.717) is 13.2 Å². The normalized spacial score (nSPS) is 12.3. The summed E-state index contributed by atoms with van der Waals surface area (Å²) in [6.07, 6.45) is 16.6. The molecule has 2 heterocycles. The lowest BCUT2D eigenvalue weighted by atomic mass is 10.0. The molecular weight excluding hydrogens is 470 g/mol. The van der Waals surface area contributed by atoms with E-state index in [0.717, 1.165) is 72.2 Å². The standard InChI is InChI=1S/C30H32F2N4O/c31-27-11-7-23(8-12-27)3-1-5-25(29-19-33-21-35-29)15-17-37-18-16-26(30-20-34-22-36-30)6-2-4-24-9-13-28(32)14-10-24/h7-16,19-22H,1-6,17-18H2,(H,33,35)(H,34,36). The highest BCUT2D eigenvalue weighted by atomic mass is 19.1. The second kappa shape index (κ2) is 14.0. The molecule has 0 amide bonds. The fraction of sp³-hybridized carbons (Fsp3) is 0.267. The van der Waals surface area contributed by atoms with E-state index < -0.39 is 0 Å². The van der Waals surface area contributed by atoms with Crippen LogP contribution in [0.25, 0.3) is 11.1 Å². The number of nitrogens with zero attached hydrogens (tertiary/aromatic N) is 2. The Morgan fingerprint density at radius 3 is 1.49 bits per heavy atom. The summed E-state index contributed by atoms with van der Waals surface area (Å²) in [5, 5.41) is 0. The number of ether oxygens (including phenoxy) is 1. The number of nitrogens with one attached hydrogen (secondary N) is 2. The summed E-state index contributed by atoms with van der Waals surface area (Å²) in [6, 6.07) is 13.3. The third-order valence-electron chi connectivity index (χ3n) is 6.20. The number of aromatic nitrogens is 4. The Bertz CT molecular complexity index is 1150. The lowest BCUT2D eigenvalue weighted by molar-refractivity contribution is 0.194. The quantitative estimate of drug-likeness (QED) is 0.184. The summed E-state index contributed by atoms with van der Waals surface area (Å²) in [7, 11) is 0. The van der Waals surface area contributed by atoms with Gasteiger partial charge in [-0.1, -0.05) is 36.4 Å². The van der Waals surface area contributed by atoms with Crippen LogP contribution in [-0.2, 0) is 17.6 Å². The Morgan fingerprint density at radius 2 is 1.11 bits per heavy atom. The summed E-state index contributed by atoms with van der Waals surface area (Å²) in [6.45, 7) is 0.942. The fourth-order valence-electron chi connectivity index (χ4n) is 4.20. The molecule has 0 saturated heterocycles. The van der Waals surface area contributed by atoms with E-state index in [1.54, 1.807) is 12.7 Å². The number of aryl methyl sites for hydroxylation is 2. The average molecular weight is 503 g/mol. The zero-order chi connectivity index (χ0) is 25.7. The van der Waals surface area contributed by atoms with Crippen LogP contribution in [0.3, 0.4) is 0 Å². The molecule has 2 N–H and O–H groups in total. The molecule has 0 spiro atoms. The van der Waals surface area contributed by atoms with Crippen molar-refractivity contribution in [2.24, 2.45) is 0 Å². The summed E-state index contributed by atoms with van der Waals surface area (Å²) < 4.78 is 32.2. The largest absolute Gasteiger partial charge is 0.373 e. The van der Waals surface area contributed by atoms with Gasteiger partial charge in [-0.25, -0.2) is 18.7 Å². The number of aromatic amines is 2. The van der Waals surface area contributed by atoms with Gasteiger partial charge in [0.15, 0.2) is 0 Å². The number of imidazole rings is 2. The number of hydrogen-bond donors (Lipinski definition) is 2. The van der Waals surface area contributed by atoms with E-state index in [4.69, 9.17) is 4.74 Å². The van der Waals surface area contributed by atoms with Crippen molar-refractivity contribution in [1.29, 1.82) is 0 Å². The van der Waals surface area contributed by atoms with Crippen molar-refractivity contribution < 1.29 is 13.5 Å². The van der Waals surface area contributed by atoms with Crippen molar-refractivity contribution in [3.05, 3.63) is 120 Å². The Hall–Kier alpha value is -3.84. The SMILES string of the molecule is Fc1ccc(CCCC(=CCOCC=C(CCCc2ccc(F)cc2)c2c[nH]cn2)c2c[nH]cn2)cc1. The first kappa shape index (κ1) is 26.2. The van der Waals surface area contributed by atoms with Gasteiger partial charge in [0, 0.05) is 12.4 Å². The molecule has 0 bridgehead atoms. The minimum Gasteiger partial charge on any atom is -0.373 e. The van der Waals surface area contributed by atoms with Crippen LogP contribution in [0.1, 0.15) is 48.2 Å². The first-order valence-electron chi connectivity index (χ1n) is 12.6. The molecule has 0 saturated carbocycles. The topological polar surface area (TPSA) is 66.6 Å². The fourth-order valence-corrected chi connectivity index (χ4v) is 4.20. The molecule has 0 unspecified atom stereocenters. The average Bonchev–Trinajstić information content (AvgIpc) is 3.64. The number of hydrogen-bond acceptors (Lipinski definition) is 3. The summed E-state index contributed by atoms with van der Waals surface area (Å²) >= 11 is 0. The van der Waals surface area contributed by atoms with E-state index in [-0.39, 0.29) is 11.6 Å². The van der Waals surface area contributed by atoms with Gasteiger partial charge in [0.25, 0.3) is 0 Å². The van der Waals surface area contributed by atoms with Gasteiger partial charge in [-0.3, -0.25) is 0 Å². The van der Waals surface area contributed by atoms with E-state index in [2.05, 4.69) is 32.1 Å².